The number of hydrogen-bond donors (Lipinski definition) is 1. The van der Waals surface area contributed by atoms with Crippen LogP contribution in [0.1, 0.15) is 52.4 Å². The van der Waals surface area contributed by atoms with Gasteiger partial charge >= 0.3 is 0 Å². The Kier molecular flexibility index (Phi) is 6.76. The molecule has 0 radical (unpaired) electrons. The molecule has 3 aromatic rings. The summed E-state index contributed by atoms with van der Waals surface area (Å²) in [5.41, 5.74) is 3.23. The summed E-state index contributed by atoms with van der Waals surface area (Å²) < 4.78 is 0.966. The van der Waals surface area contributed by atoms with E-state index in [-0.39, 0.29) is 5.91 Å². The molecule has 8 nitrogen and oxygen atoms in total. The second kappa shape index (κ2) is 9.93. The maximum atomic E-state index is 12.9. The maximum absolute atomic E-state index is 12.9. The van der Waals surface area contributed by atoms with E-state index in [1.54, 1.807) is 4.90 Å². The lowest BCUT2D eigenvalue weighted by Gasteiger charge is -2.32. The van der Waals surface area contributed by atoms with Crippen LogP contribution in [0, 0.1) is 0 Å². The topological polar surface area (TPSA) is 77.5 Å². The molecule has 1 amide bonds. The normalized spacial score (nSPS) is 18.0. The number of hydrogen-bond acceptors (Lipinski definition) is 8. The van der Waals surface area contributed by atoms with Gasteiger partial charge in [0.15, 0.2) is 0 Å². The average molecular weight is 480 g/mol. The molecule has 2 fully saturated rings. The van der Waals surface area contributed by atoms with Crippen molar-refractivity contribution in [2.24, 2.45) is 0 Å². The lowest BCUT2D eigenvalue weighted by molar-refractivity contribution is 0.0831. The molecular weight excluding hydrogens is 446 g/mol. The van der Waals surface area contributed by atoms with Gasteiger partial charge in [0, 0.05) is 58.6 Å². The lowest BCUT2D eigenvalue weighted by atomic mass is 9.96. The van der Waals surface area contributed by atoms with Crippen LogP contribution in [0.25, 0.3) is 10.2 Å². The molecule has 4 heterocycles. The van der Waals surface area contributed by atoms with Gasteiger partial charge in [0.1, 0.15) is 5.82 Å². The van der Waals surface area contributed by atoms with Crippen molar-refractivity contribution >= 4 is 39.2 Å². The molecule has 9 heteroatoms. The predicted molar refractivity (Wildman–Crippen MR) is 137 cm³/mol. The highest BCUT2D eigenvalue weighted by Crippen LogP contribution is 2.43. The molecule has 0 aromatic carbocycles. The molecule has 0 bridgehead atoms. The smallest absolute Gasteiger partial charge is 0.263 e. The molecule has 1 saturated carbocycles. The van der Waals surface area contributed by atoms with Crippen LogP contribution in [0.5, 0.6) is 0 Å². The van der Waals surface area contributed by atoms with E-state index in [0.717, 1.165) is 72.0 Å². The minimum atomic E-state index is 0.0528. The van der Waals surface area contributed by atoms with Crippen LogP contribution < -0.4 is 5.32 Å². The molecule has 1 saturated heterocycles. The van der Waals surface area contributed by atoms with E-state index >= 15 is 0 Å². The summed E-state index contributed by atoms with van der Waals surface area (Å²) in [6, 6.07) is 4.11. The van der Waals surface area contributed by atoms with Gasteiger partial charge in [-0.15, -0.1) is 11.3 Å². The van der Waals surface area contributed by atoms with E-state index in [9.17, 15) is 4.79 Å². The zero-order valence-electron chi connectivity index (χ0n) is 20.3. The Morgan fingerprint density at radius 2 is 1.88 bits per heavy atom. The van der Waals surface area contributed by atoms with E-state index in [1.807, 2.05) is 32.6 Å². The second-order valence-electron chi connectivity index (χ2n) is 9.69. The maximum Gasteiger partial charge on any atom is 0.263 e. The van der Waals surface area contributed by atoms with E-state index in [1.165, 1.54) is 29.7 Å². The van der Waals surface area contributed by atoms with Gasteiger partial charge in [0.2, 0.25) is 5.95 Å². The van der Waals surface area contributed by atoms with E-state index < -0.39 is 0 Å². The van der Waals surface area contributed by atoms with Crippen LogP contribution in [0.15, 0.2) is 24.5 Å². The van der Waals surface area contributed by atoms with Crippen molar-refractivity contribution in [3.8, 4) is 0 Å². The summed E-state index contributed by atoms with van der Waals surface area (Å²) in [6.07, 6.45) is 8.41. The summed E-state index contributed by atoms with van der Waals surface area (Å²) in [6.45, 7) is 5.32. The highest BCUT2D eigenvalue weighted by molar-refractivity contribution is 7.21. The van der Waals surface area contributed by atoms with Crippen LogP contribution in [-0.4, -0.2) is 82.9 Å². The first-order valence-electron chi connectivity index (χ1n) is 12.1. The Hall–Kier alpha value is -2.62. The number of nitrogens with zero attached hydrogens (tertiary/aromatic N) is 6. The molecular formula is C25H33N7OS. The van der Waals surface area contributed by atoms with Gasteiger partial charge in [-0.1, -0.05) is 18.9 Å². The highest BCUT2D eigenvalue weighted by Gasteiger charge is 2.29. The van der Waals surface area contributed by atoms with E-state index in [2.05, 4.69) is 38.2 Å². The Labute approximate surface area is 205 Å². The number of aromatic nitrogens is 3. The number of piperazine rings is 1. The first-order chi connectivity index (χ1) is 16.5. The number of pyridine rings is 1. The van der Waals surface area contributed by atoms with Crippen LogP contribution >= 0.6 is 11.3 Å². The third-order valence-electron chi connectivity index (χ3n) is 6.90. The molecule has 34 heavy (non-hydrogen) atoms. The fourth-order valence-electron chi connectivity index (χ4n) is 4.90. The number of amides is 1. The minimum Gasteiger partial charge on any atom is -0.344 e. The standard InChI is InChI=1S/C25H33N7OS/c1-30(2)24(33)23-21(18-6-4-5-7-18)22-19(34-23)15-27-25(29-22)28-20-9-8-17(14-26-20)16-32-12-10-31(3)11-13-32/h8-9,14-15,18H,4-7,10-13,16H2,1-3H3,(H,26,27,28,29). The second-order valence-corrected chi connectivity index (χ2v) is 10.7. The number of fused-ring (bicyclic) bond motifs is 1. The van der Waals surface area contributed by atoms with Crippen molar-refractivity contribution in [2.45, 2.75) is 38.1 Å². The Bertz CT molecular complexity index is 1150. The first-order valence-corrected chi connectivity index (χ1v) is 12.9. The third-order valence-corrected chi connectivity index (χ3v) is 8.01. The van der Waals surface area contributed by atoms with Crippen LogP contribution in [0.2, 0.25) is 0 Å². The molecule has 0 atom stereocenters. The molecule has 3 aromatic heterocycles. The van der Waals surface area contributed by atoms with Crippen molar-refractivity contribution in [1.29, 1.82) is 0 Å². The number of anilines is 2. The SMILES string of the molecule is CN1CCN(Cc2ccc(Nc3ncc4sc(C(=O)N(C)C)c(C5CCCC5)c4n3)nc2)CC1. The van der Waals surface area contributed by atoms with Gasteiger partial charge in [-0.2, -0.15) is 0 Å². The predicted octanol–water partition coefficient (Wildman–Crippen LogP) is 3.94. The summed E-state index contributed by atoms with van der Waals surface area (Å²) >= 11 is 1.51. The highest BCUT2D eigenvalue weighted by atomic mass is 32.1. The molecule has 5 rings (SSSR count). The molecule has 1 aliphatic heterocycles. The summed E-state index contributed by atoms with van der Waals surface area (Å²) in [5, 5.41) is 3.27. The largest absolute Gasteiger partial charge is 0.344 e. The Morgan fingerprint density at radius 3 is 2.56 bits per heavy atom. The van der Waals surface area contributed by atoms with Crippen molar-refractivity contribution in [3.63, 3.8) is 0 Å². The third kappa shape index (κ3) is 4.92. The Morgan fingerprint density at radius 1 is 1.12 bits per heavy atom. The van der Waals surface area contributed by atoms with Crippen LogP contribution in [0.3, 0.4) is 0 Å². The average Bonchev–Trinajstić information content (AvgIpc) is 3.48. The molecule has 180 valence electrons. The number of nitrogens with one attached hydrogen (secondary N) is 1. The van der Waals surface area contributed by atoms with Crippen molar-refractivity contribution < 1.29 is 4.79 Å². The molecule has 2 aliphatic rings. The van der Waals surface area contributed by atoms with E-state index in [4.69, 9.17) is 4.98 Å². The van der Waals surface area contributed by atoms with Crippen molar-refractivity contribution in [1.82, 2.24) is 29.7 Å². The van der Waals surface area contributed by atoms with Gasteiger partial charge in [-0.05, 0) is 37.4 Å². The summed E-state index contributed by atoms with van der Waals surface area (Å²) in [5.74, 6) is 1.69. The molecule has 1 aliphatic carbocycles. The van der Waals surface area contributed by atoms with Crippen molar-refractivity contribution in [3.05, 3.63) is 40.5 Å². The van der Waals surface area contributed by atoms with Gasteiger partial charge in [-0.3, -0.25) is 9.69 Å². The fraction of sp³-hybridized carbons (Fsp3) is 0.520. The monoisotopic (exact) mass is 479 g/mol. The zero-order valence-corrected chi connectivity index (χ0v) is 21.1. The van der Waals surface area contributed by atoms with Crippen LogP contribution in [-0.2, 0) is 6.54 Å². The summed E-state index contributed by atoms with van der Waals surface area (Å²) in [7, 11) is 5.79. The number of thiophene rings is 1. The quantitative estimate of drug-likeness (QED) is 0.574. The number of carbonyl (C=O) groups excluding carboxylic acids is 1. The molecule has 0 unspecified atom stereocenters. The first kappa shape index (κ1) is 23.1. The van der Waals surface area contributed by atoms with Crippen molar-refractivity contribution in [2.75, 3.05) is 52.6 Å². The van der Waals surface area contributed by atoms with Crippen LogP contribution in [0.4, 0.5) is 11.8 Å². The van der Waals surface area contributed by atoms with Gasteiger partial charge in [0.05, 0.1) is 21.3 Å². The molecule has 0 spiro atoms. The number of rotatable bonds is 6. The summed E-state index contributed by atoms with van der Waals surface area (Å²) in [4.78, 5) is 34.2. The van der Waals surface area contributed by atoms with Gasteiger partial charge in [0.25, 0.3) is 5.91 Å². The fourth-order valence-corrected chi connectivity index (χ4v) is 6.12. The van der Waals surface area contributed by atoms with E-state index in [0.29, 0.717) is 11.9 Å². The number of carbonyl (C=O) groups is 1. The van der Waals surface area contributed by atoms with Gasteiger partial charge < -0.3 is 15.1 Å². The number of likely N-dealkylation sites (N-methyl/N-ethyl adjacent to an activating group) is 1. The van der Waals surface area contributed by atoms with Gasteiger partial charge in [-0.25, -0.2) is 15.0 Å². The lowest BCUT2D eigenvalue weighted by Crippen LogP contribution is -2.43. The molecule has 1 N–H and O–H groups in total. The zero-order chi connectivity index (χ0) is 23.7. The Balaban J connectivity index is 1.36. The minimum absolute atomic E-state index is 0.0528.